The van der Waals surface area contributed by atoms with Gasteiger partial charge in [0.2, 0.25) is 10.0 Å². The van der Waals surface area contributed by atoms with E-state index in [4.69, 9.17) is 4.74 Å². The maximum absolute atomic E-state index is 13.2. The second-order valence-corrected chi connectivity index (χ2v) is 8.81. The molecular weight excluding hydrogens is 364 g/mol. The normalized spacial score (nSPS) is 15.8. The number of benzene rings is 1. The number of piperazine rings is 1. The van der Waals surface area contributed by atoms with Crippen LogP contribution in [0.5, 0.6) is 5.75 Å². The zero-order valence-corrected chi connectivity index (χ0v) is 17.3. The van der Waals surface area contributed by atoms with Gasteiger partial charge in [-0.2, -0.15) is 9.40 Å². The Morgan fingerprint density at radius 1 is 0.963 bits per heavy atom. The molecule has 0 bridgehead atoms. The van der Waals surface area contributed by atoms with Gasteiger partial charge in [0, 0.05) is 26.2 Å². The summed E-state index contributed by atoms with van der Waals surface area (Å²) in [7, 11) is -1.95. The van der Waals surface area contributed by atoms with Crippen molar-refractivity contribution < 1.29 is 13.2 Å². The average molecular weight is 391 g/mol. The van der Waals surface area contributed by atoms with Crippen molar-refractivity contribution in [2.75, 3.05) is 38.2 Å². The number of nitrogens with zero attached hydrogens (tertiary/aromatic N) is 4. The van der Waals surface area contributed by atoms with E-state index in [2.05, 4.69) is 15.1 Å². The maximum atomic E-state index is 13.2. The lowest BCUT2D eigenvalue weighted by Crippen LogP contribution is -2.49. The monoisotopic (exact) mass is 390 g/mol. The van der Waals surface area contributed by atoms with E-state index in [1.807, 2.05) is 39.8 Å². The average Bonchev–Trinajstić information content (AvgIpc) is 2.66. The zero-order chi connectivity index (χ0) is 19.8. The number of aromatic nitrogens is 2. The van der Waals surface area contributed by atoms with Gasteiger partial charge < -0.3 is 9.64 Å². The van der Waals surface area contributed by atoms with Crippen LogP contribution in [0.2, 0.25) is 0 Å². The quantitative estimate of drug-likeness (QED) is 0.797. The zero-order valence-electron chi connectivity index (χ0n) is 16.5. The van der Waals surface area contributed by atoms with Gasteiger partial charge in [0.15, 0.2) is 5.82 Å². The Labute approximate surface area is 161 Å². The Morgan fingerprint density at radius 3 is 2.19 bits per heavy atom. The van der Waals surface area contributed by atoms with Crippen molar-refractivity contribution >= 4 is 15.8 Å². The lowest BCUT2D eigenvalue weighted by molar-refractivity contribution is 0.382. The number of methoxy groups -OCH3 is 1. The van der Waals surface area contributed by atoms with Crippen LogP contribution in [0.4, 0.5) is 5.82 Å². The number of ether oxygens (including phenoxy) is 1. The van der Waals surface area contributed by atoms with Gasteiger partial charge in [-0.3, -0.25) is 0 Å². The van der Waals surface area contributed by atoms with Crippen LogP contribution in [0.25, 0.3) is 0 Å². The van der Waals surface area contributed by atoms with Crippen LogP contribution < -0.4 is 9.64 Å². The molecular formula is C19H26N4O3S. The molecule has 1 aromatic carbocycles. The second-order valence-electron chi connectivity index (χ2n) is 6.90. The van der Waals surface area contributed by atoms with E-state index in [-0.39, 0.29) is 0 Å². The molecule has 0 atom stereocenters. The first-order valence-electron chi connectivity index (χ1n) is 8.96. The Hall–Kier alpha value is -2.19. The van der Waals surface area contributed by atoms with Gasteiger partial charge >= 0.3 is 0 Å². The van der Waals surface area contributed by atoms with Gasteiger partial charge in [0.1, 0.15) is 5.75 Å². The molecule has 0 aliphatic carbocycles. The summed E-state index contributed by atoms with van der Waals surface area (Å²) >= 11 is 0. The first-order valence-corrected chi connectivity index (χ1v) is 10.4. The molecule has 1 aliphatic rings. The molecule has 3 rings (SSSR count). The summed E-state index contributed by atoms with van der Waals surface area (Å²) in [4.78, 5) is 2.43. The summed E-state index contributed by atoms with van der Waals surface area (Å²) in [6, 6.07) is 5.55. The molecule has 146 valence electrons. The third-order valence-electron chi connectivity index (χ3n) is 5.15. The van der Waals surface area contributed by atoms with E-state index in [1.165, 1.54) is 0 Å². The van der Waals surface area contributed by atoms with Gasteiger partial charge in [0.05, 0.1) is 17.7 Å². The summed E-state index contributed by atoms with van der Waals surface area (Å²) < 4.78 is 33.4. The van der Waals surface area contributed by atoms with E-state index in [0.29, 0.717) is 31.1 Å². The fraction of sp³-hybridized carbons (Fsp3) is 0.474. The number of rotatable bonds is 4. The third-order valence-corrected chi connectivity index (χ3v) is 7.17. The molecule has 1 fully saturated rings. The molecule has 1 saturated heterocycles. The van der Waals surface area contributed by atoms with Crippen molar-refractivity contribution in [1.29, 1.82) is 0 Å². The second kappa shape index (κ2) is 7.44. The smallest absolute Gasteiger partial charge is 0.243 e. The third kappa shape index (κ3) is 3.64. The molecule has 8 heteroatoms. The Balaban J connectivity index is 1.82. The molecule has 27 heavy (non-hydrogen) atoms. The number of hydrogen-bond acceptors (Lipinski definition) is 6. The van der Waals surface area contributed by atoms with Crippen LogP contribution in [0.15, 0.2) is 23.1 Å². The minimum atomic E-state index is -3.56. The summed E-state index contributed by atoms with van der Waals surface area (Å²) in [5, 5.41) is 8.28. The molecule has 7 nitrogen and oxygen atoms in total. The van der Waals surface area contributed by atoms with Crippen molar-refractivity contribution in [2.45, 2.75) is 32.6 Å². The summed E-state index contributed by atoms with van der Waals surface area (Å²) in [5.41, 5.74) is 3.29. The minimum absolute atomic E-state index is 0.363. The van der Waals surface area contributed by atoms with Crippen LogP contribution >= 0.6 is 0 Å². The molecule has 0 unspecified atom stereocenters. The molecule has 2 heterocycles. The van der Waals surface area contributed by atoms with Gasteiger partial charge in [-0.25, -0.2) is 8.42 Å². The number of sulfonamides is 1. The SMILES string of the molecule is COc1c(C)cc(S(=O)(=O)N2CCN(c3ccc(C)nn3)CC2)c(C)c1C. The summed E-state index contributed by atoms with van der Waals surface area (Å²) in [6.45, 7) is 9.51. The maximum Gasteiger partial charge on any atom is 0.243 e. The van der Waals surface area contributed by atoms with Crippen molar-refractivity contribution in [2.24, 2.45) is 0 Å². The highest BCUT2D eigenvalue weighted by atomic mass is 32.2. The van der Waals surface area contributed by atoms with Crippen LogP contribution in [-0.4, -0.2) is 56.2 Å². The molecule has 0 spiro atoms. The van der Waals surface area contributed by atoms with E-state index in [1.54, 1.807) is 17.5 Å². The van der Waals surface area contributed by atoms with E-state index < -0.39 is 10.0 Å². The fourth-order valence-electron chi connectivity index (χ4n) is 3.46. The Morgan fingerprint density at radius 2 is 1.63 bits per heavy atom. The highest BCUT2D eigenvalue weighted by molar-refractivity contribution is 7.89. The van der Waals surface area contributed by atoms with Gasteiger partial charge in [-0.05, 0) is 62.6 Å². The highest BCUT2D eigenvalue weighted by Gasteiger charge is 2.31. The minimum Gasteiger partial charge on any atom is -0.496 e. The number of anilines is 1. The lowest BCUT2D eigenvalue weighted by atomic mass is 10.1. The van der Waals surface area contributed by atoms with Crippen molar-refractivity contribution in [3.63, 3.8) is 0 Å². The fourth-order valence-corrected chi connectivity index (χ4v) is 5.25. The predicted molar refractivity (Wildman–Crippen MR) is 105 cm³/mol. The highest BCUT2D eigenvalue weighted by Crippen LogP contribution is 2.32. The van der Waals surface area contributed by atoms with Gasteiger partial charge in [-0.1, -0.05) is 0 Å². The molecule has 0 radical (unpaired) electrons. The summed E-state index contributed by atoms with van der Waals surface area (Å²) in [6.07, 6.45) is 0. The topological polar surface area (TPSA) is 75.6 Å². The number of aryl methyl sites for hydroxylation is 2. The van der Waals surface area contributed by atoms with Crippen LogP contribution in [0, 0.1) is 27.7 Å². The lowest BCUT2D eigenvalue weighted by Gasteiger charge is -2.34. The molecule has 1 aliphatic heterocycles. The van der Waals surface area contributed by atoms with Crippen molar-refractivity contribution in [3.05, 3.63) is 40.6 Å². The molecule has 0 saturated carbocycles. The van der Waals surface area contributed by atoms with Crippen LogP contribution in [0.3, 0.4) is 0 Å². The van der Waals surface area contributed by atoms with Gasteiger partial charge in [-0.15, -0.1) is 5.10 Å². The molecule has 1 aromatic heterocycles. The molecule has 0 N–H and O–H groups in total. The van der Waals surface area contributed by atoms with Gasteiger partial charge in [0.25, 0.3) is 0 Å². The van der Waals surface area contributed by atoms with E-state index in [9.17, 15) is 8.42 Å². The number of hydrogen-bond donors (Lipinski definition) is 0. The molecule has 2 aromatic rings. The Kier molecular flexibility index (Phi) is 5.39. The first-order chi connectivity index (χ1) is 12.8. The summed E-state index contributed by atoms with van der Waals surface area (Å²) in [5.74, 6) is 1.53. The van der Waals surface area contributed by atoms with Crippen LogP contribution in [0.1, 0.15) is 22.4 Å². The van der Waals surface area contributed by atoms with Crippen LogP contribution in [-0.2, 0) is 10.0 Å². The van der Waals surface area contributed by atoms with E-state index in [0.717, 1.165) is 34.0 Å². The standard InChI is InChI=1S/C19H26N4O3S/c1-13-12-17(15(3)16(4)19(13)26-5)27(24,25)23-10-8-22(9-11-23)18-7-6-14(2)20-21-18/h6-7,12H,8-11H2,1-5H3. The van der Waals surface area contributed by atoms with Crippen molar-refractivity contribution in [3.8, 4) is 5.75 Å². The largest absolute Gasteiger partial charge is 0.496 e. The first kappa shape index (κ1) is 19.6. The van der Waals surface area contributed by atoms with Crippen molar-refractivity contribution in [1.82, 2.24) is 14.5 Å². The predicted octanol–water partition coefficient (Wildman–Crippen LogP) is 2.23. The Bertz CT molecular complexity index is 934. The van der Waals surface area contributed by atoms with E-state index >= 15 is 0 Å². The molecule has 0 amide bonds.